The Kier molecular flexibility index (Phi) is 6.86. The maximum atomic E-state index is 12.2. The van der Waals surface area contributed by atoms with Crippen LogP contribution in [-0.2, 0) is 23.5 Å². The minimum absolute atomic E-state index is 0.0590. The quantitative estimate of drug-likeness (QED) is 0.453. The summed E-state index contributed by atoms with van der Waals surface area (Å²) in [6, 6.07) is 18.7. The van der Waals surface area contributed by atoms with Crippen LogP contribution in [-0.4, -0.2) is 23.0 Å². The SMILES string of the molecule is COc1cccc(CSc2nc(CC(=O)NCc3ccccc3)cc(=O)[nH]2)c1. The number of benzene rings is 2. The number of nitrogens with zero attached hydrogens (tertiary/aromatic N) is 1. The summed E-state index contributed by atoms with van der Waals surface area (Å²) in [6.07, 6.45) is 0.0590. The van der Waals surface area contributed by atoms with Gasteiger partial charge in [0.25, 0.3) is 5.56 Å². The number of amides is 1. The molecule has 28 heavy (non-hydrogen) atoms. The normalized spacial score (nSPS) is 10.5. The molecule has 0 aliphatic carbocycles. The first-order valence-corrected chi connectivity index (χ1v) is 9.77. The van der Waals surface area contributed by atoms with Gasteiger partial charge in [-0.05, 0) is 23.3 Å². The van der Waals surface area contributed by atoms with E-state index in [2.05, 4.69) is 15.3 Å². The second-order valence-corrected chi connectivity index (χ2v) is 7.09. The molecule has 0 aliphatic heterocycles. The van der Waals surface area contributed by atoms with E-state index in [9.17, 15) is 9.59 Å². The van der Waals surface area contributed by atoms with Crippen LogP contribution in [0.15, 0.2) is 70.6 Å². The molecular formula is C21H21N3O3S. The van der Waals surface area contributed by atoms with Crippen LogP contribution < -0.4 is 15.6 Å². The number of carbonyl (C=O) groups excluding carboxylic acids is 1. The fourth-order valence-corrected chi connectivity index (χ4v) is 3.42. The predicted molar refractivity (Wildman–Crippen MR) is 109 cm³/mol. The number of ether oxygens (including phenoxy) is 1. The zero-order chi connectivity index (χ0) is 19.8. The Balaban J connectivity index is 1.59. The van der Waals surface area contributed by atoms with Crippen molar-refractivity contribution in [3.05, 3.63) is 87.8 Å². The summed E-state index contributed by atoms with van der Waals surface area (Å²) >= 11 is 1.40. The molecule has 0 spiro atoms. The Labute approximate surface area is 167 Å². The lowest BCUT2D eigenvalue weighted by molar-refractivity contribution is -0.120. The molecule has 1 amide bonds. The van der Waals surface area contributed by atoms with Gasteiger partial charge in [0.05, 0.1) is 19.2 Å². The average Bonchev–Trinajstić information content (AvgIpc) is 2.71. The Hall–Kier alpha value is -3.06. The molecule has 0 aliphatic rings. The van der Waals surface area contributed by atoms with E-state index in [1.54, 1.807) is 7.11 Å². The Morgan fingerprint density at radius 3 is 2.68 bits per heavy atom. The van der Waals surface area contributed by atoms with Gasteiger partial charge in [-0.15, -0.1) is 0 Å². The van der Waals surface area contributed by atoms with Gasteiger partial charge in [0.15, 0.2) is 5.16 Å². The lowest BCUT2D eigenvalue weighted by Gasteiger charge is -2.07. The summed E-state index contributed by atoms with van der Waals surface area (Å²) < 4.78 is 5.22. The zero-order valence-corrected chi connectivity index (χ0v) is 16.3. The molecule has 0 bridgehead atoms. The van der Waals surface area contributed by atoms with Gasteiger partial charge in [-0.25, -0.2) is 4.98 Å². The lowest BCUT2D eigenvalue weighted by Crippen LogP contribution is -2.25. The second-order valence-electron chi connectivity index (χ2n) is 6.12. The summed E-state index contributed by atoms with van der Waals surface area (Å²) in [5.41, 5.74) is 2.25. The highest BCUT2D eigenvalue weighted by atomic mass is 32.2. The van der Waals surface area contributed by atoms with Crippen molar-refractivity contribution in [1.29, 1.82) is 0 Å². The molecular weight excluding hydrogens is 374 g/mol. The number of rotatable bonds is 8. The van der Waals surface area contributed by atoms with E-state index in [0.29, 0.717) is 23.1 Å². The summed E-state index contributed by atoms with van der Waals surface area (Å²) in [7, 11) is 1.62. The maximum Gasteiger partial charge on any atom is 0.251 e. The molecule has 144 valence electrons. The highest BCUT2D eigenvalue weighted by molar-refractivity contribution is 7.98. The number of thioether (sulfide) groups is 1. The third kappa shape index (κ3) is 5.99. The van der Waals surface area contributed by atoms with Crippen LogP contribution in [0.1, 0.15) is 16.8 Å². The topological polar surface area (TPSA) is 84.1 Å². The number of hydrogen-bond donors (Lipinski definition) is 2. The number of carbonyl (C=O) groups is 1. The van der Waals surface area contributed by atoms with E-state index in [0.717, 1.165) is 16.9 Å². The highest BCUT2D eigenvalue weighted by Gasteiger charge is 2.08. The third-order valence-electron chi connectivity index (χ3n) is 3.96. The molecule has 2 aromatic carbocycles. The minimum atomic E-state index is -0.269. The Bertz CT molecular complexity index is 989. The van der Waals surface area contributed by atoms with Crippen molar-refractivity contribution in [2.75, 3.05) is 7.11 Å². The molecule has 3 aromatic rings. The molecule has 0 radical (unpaired) electrons. The van der Waals surface area contributed by atoms with E-state index in [1.807, 2.05) is 54.6 Å². The molecule has 0 atom stereocenters. The van der Waals surface area contributed by atoms with Crippen molar-refractivity contribution in [2.45, 2.75) is 23.9 Å². The summed E-state index contributed by atoms with van der Waals surface area (Å²) in [5.74, 6) is 1.23. The molecule has 0 saturated carbocycles. The van der Waals surface area contributed by atoms with Gasteiger partial charge < -0.3 is 15.0 Å². The Morgan fingerprint density at radius 1 is 1.11 bits per heavy atom. The van der Waals surface area contributed by atoms with Crippen LogP contribution in [0.4, 0.5) is 0 Å². The number of H-pyrrole nitrogens is 1. The van der Waals surface area contributed by atoms with Crippen molar-refractivity contribution in [3.8, 4) is 5.75 Å². The fourth-order valence-electron chi connectivity index (χ4n) is 2.58. The van der Waals surface area contributed by atoms with E-state index in [-0.39, 0.29) is 17.9 Å². The van der Waals surface area contributed by atoms with Crippen molar-refractivity contribution >= 4 is 17.7 Å². The van der Waals surface area contributed by atoms with Gasteiger partial charge in [-0.3, -0.25) is 9.59 Å². The largest absolute Gasteiger partial charge is 0.497 e. The number of hydrogen-bond acceptors (Lipinski definition) is 5. The highest BCUT2D eigenvalue weighted by Crippen LogP contribution is 2.21. The predicted octanol–water partition coefficient (Wildman–Crippen LogP) is 2.93. The number of aromatic nitrogens is 2. The zero-order valence-electron chi connectivity index (χ0n) is 15.5. The number of methoxy groups -OCH3 is 1. The van der Waals surface area contributed by atoms with Crippen molar-refractivity contribution in [1.82, 2.24) is 15.3 Å². The van der Waals surface area contributed by atoms with E-state index < -0.39 is 0 Å². The molecule has 7 heteroatoms. The van der Waals surface area contributed by atoms with Crippen molar-refractivity contribution in [2.24, 2.45) is 0 Å². The van der Waals surface area contributed by atoms with Gasteiger partial charge >= 0.3 is 0 Å². The first-order valence-electron chi connectivity index (χ1n) is 8.79. The van der Waals surface area contributed by atoms with E-state index in [4.69, 9.17) is 4.74 Å². The first kappa shape index (κ1) is 19.7. The second kappa shape index (κ2) is 9.75. The summed E-state index contributed by atoms with van der Waals surface area (Å²) in [6.45, 7) is 0.445. The smallest absolute Gasteiger partial charge is 0.251 e. The van der Waals surface area contributed by atoms with Crippen LogP contribution in [0.3, 0.4) is 0 Å². The van der Waals surface area contributed by atoms with Crippen molar-refractivity contribution < 1.29 is 9.53 Å². The van der Waals surface area contributed by atoms with Crippen LogP contribution in [0.25, 0.3) is 0 Å². The fraction of sp³-hybridized carbons (Fsp3) is 0.190. The molecule has 0 fully saturated rings. The van der Waals surface area contributed by atoms with Crippen LogP contribution in [0.5, 0.6) is 5.75 Å². The molecule has 6 nitrogen and oxygen atoms in total. The minimum Gasteiger partial charge on any atom is -0.497 e. The molecule has 1 aromatic heterocycles. The van der Waals surface area contributed by atoms with E-state index in [1.165, 1.54) is 17.8 Å². The molecule has 3 rings (SSSR count). The van der Waals surface area contributed by atoms with Gasteiger partial charge in [0.2, 0.25) is 5.91 Å². The van der Waals surface area contributed by atoms with Gasteiger partial charge in [0, 0.05) is 18.4 Å². The van der Waals surface area contributed by atoms with Crippen LogP contribution in [0, 0.1) is 0 Å². The molecule has 1 heterocycles. The third-order valence-corrected chi connectivity index (χ3v) is 4.90. The molecule has 2 N–H and O–H groups in total. The lowest BCUT2D eigenvalue weighted by atomic mass is 10.2. The molecule has 0 saturated heterocycles. The van der Waals surface area contributed by atoms with E-state index >= 15 is 0 Å². The van der Waals surface area contributed by atoms with Crippen molar-refractivity contribution in [3.63, 3.8) is 0 Å². The number of nitrogens with one attached hydrogen (secondary N) is 2. The summed E-state index contributed by atoms with van der Waals surface area (Å²) in [5, 5.41) is 3.33. The van der Waals surface area contributed by atoms with Gasteiger partial charge in [0.1, 0.15) is 5.75 Å². The average molecular weight is 395 g/mol. The first-order chi connectivity index (χ1) is 13.6. The van der Waals surface area contributed by atoms with Crippen LogP contribution in [0.2, 0.25) is 0 Å². The number of aromatic amines is 1. The van der Waals surface area contributed by atoms with Gasteiger partial charge in [-0.2, -0.15) is 0 Å². The Morgan fingerprint density at radius 2 is 1.89 bits per heavy atom. The maximum absolute atomic E-state index is 12.2. The summed E-state index contributed by atoms with van der Waals surface area (Å²) in [4.78, 5) is 31.2. The van der Waals surface area contributed by atoms with Gasteiger partial charge in [-0.1, -0.05) is 54.2 Å². The standard InChI is InChI=1S/C21H21N3O3S/c1-27-18-9-5-8-16(10-18)14-28-21-23-17(12-20(26)24-21)11-19(25)22-13-15-6-3-2-4-7-15/h2-10,12H,11,13-14H2,1H3,(H,22,25)(H,23,24,26). The molecule has 0 unspecified atom stereocenters. The monoisotopic (exact) mass is 395 g/mol. The van der Waals surface area contributed by atoms with Crippen LogP contribution >= 0.6 is 11.8 Å².